The smallest absolute Gasteiger partial charge is 0 e. The van der Waals surface area contributed by atoms with Gasteiger partial charge in [0.25, 0.3) is 0 Å². The molecule has 0 saturated heterocycles. The van der Waals surface area contributed by atoms with Gasteiger partial charge in [-0.1, -0.05) is 0 Å². The van der Waals surface area contributed by atoms with E-state index in [1.54, 1.807) is 0 Å². The molecule has 0 aliphatic carbocycles. The Morgan fingerprint density at radius 1 is 0.875 bits per heavy atom. The van der Waals surface area contributed by atoms with Crippen molar-refractivity contribution in [1.29, 1.82) is 0 Å². The fourth-order valence-corrected chi connectivity index (χ4v) is 0. The summed E-state index contributed by atoms with van der Waals surface area (Å²) in [4.78, 5) is 0. The molecule has 0 aliphatic heterocycles. The molecule has 0 aliphatic rings. The van der Waals surface area contributed by atoms with Gasteiger partial charge in [-0.25, -0.2) is 0 Å². The molecule has 0 amide bonds. The van der Waals surface area contributed by atoms with E-state index >= 15 is 0 Å². The molecule has 0 spiro atoms. The van der Waals surface area contributed by atoms with E-state index in [-0.39, 0.29) is 45.9 Å². The molecule has 0 heterocycles. The van der Waals surface area contributed by atoms with Crippen LogP contribution in [0.15, 0.2) is 0 Å². The molecule has 57 valence electrons. The van der Waals surface area contributed by atoms with Crippen molar-refractivity contribution in [1.82, 2.24) is 0 Å². The molecule has 0 aromatic heterocycles. The van der Waals surface area contributed by atoms with Crippen LogP contribution in [0.4, 0.5) is 0 Å². The summed E-state index contributed by atoms with van der Waals surface area (Å²) in [6, 6.07) is 0. The van der Waals surface area contributed by atoms with Gasteiger partial charge in [0, 0.05) is 18.6 Å². The maximum atomic E-state index is 8.26. The Bertz CT molecular complexity index is 8.49. The van der Waals surface area contributed by atoms with E-state index in [0.717, 1.165) is 0 Å². The summed E-state index contributed by atoms with van der Waals surface area (Å²) in [6.07, 6.45) is 0. The minimum Gasteiger partial charge on any atom is 0 e. The Morgan fingerprint density at radius 3 is 0.875 bits per heavy atom. The third-order valence-corrected chi connectivity index (χ3v) is 0. The minimum atomic E-state index is 0. The van der Waals surface area contributed by atoms with E-state index in [0.29, 0.717) is 19.8 Å². The average Bonchev–Trinajstić information content (AvgIpc) is 1.00. The monoisotopic (exact) mass is 248 g/mol. The van der Waals surface area contributed by atoms with Crippen LogP contribution >= 0.6 is 0 Å². The average molecular weight is 246 g/mol. The van der Waals surface area contributed by atoms with Gasteiger partial charge in [-0.15, -0.1) is 0 Å². The van der Waals surface area contributed by atoms with Crippen LogP contribution in [0.1, 0.15) is 0 Å². The summed E-state index contributed by atoms with van der Waals surface area (Å²) >= 11 is 0.700. The van der Waals surface area contributed by atoms with Gasteiger partial charge in [0.2, 0.25) is 0 Å². The van der Waals surface area contributed by atoms with Crippen molar-refractivity contribution in [3.8, 4) is 0 Å². The second-order valence-corrected chi connectivity index (χ2v) is 0. The maximum absolute atomic E-state index is 8.26. The second-order valence-electron chi connectivity index (χ2n) is 0. The van der Waals surface area contributed by atoms with Crippen molar-refractivity contribution in [3.05, 3.63) is 0 Å². The SMILES string of the molecule is O.[O-2].[O-2].[O-2].[OH-].[O]=[Mo].[V]. The molecule has 0 bridgehead atoms. The van der Waals surface area contributed by atoms with E-state index in [1.807, 2.05) is 0 Å². The first kappa shape index (κ1) is 157. The molecule has 0 atom stereocenters. The van der Waals surface area contributed by atoms with Gasteiger partial charge >= 0.3 is 23.2 Å². The molecule has 1 radical (unpaired) electrons. The fourth-order valence-electron chi connectivity index (χ4n) is 0. The molecule has 8 heteroatoms. The maximum Gasteiger partial charge on any atom is 0 e. The number of rotatable bonds is 0. The second kappa shape index (κ2) is 488. The van der Waals surface area contributed by atoms with Gasteiger partial charge in [0.05, 0.1) is 0 Å². The van der Waals surface area contributed by atoms with Crippen molar-refractivity contribution in [3.63, 3.8) is 0 Å². The van der Waals surface area contributed by atoms with Crippen LogP contribution in [0.5, 0.6) is 0 Å². The molecule has 0 fully saturated rings. The summed E-state index contributed by atoms with van der Waals surface area (Å²) < 4.78 is 8.26. The Hall–Kier alpha value is 0.873. The first-order valence-electron chi connectivity index (χ1n) is 0.167. The van der Waals surface area contributed by atoms with Crippen LogP contribution < -0.4 is 0 Å². The van der Waals surface area contributed by atoms with Crippen molar-refractivity contribution in [2.75, 3.05) is 0 Å². The largest absolute Gasteiger partial charge is 0 e. The molecule has 0 saturated carbocycles. The van der Waals surface area contributed by atoms with Gasteiger partial charge in [0.1, 0.15) is 0 Å². The molecule has 0 unspecified atom stereocenters. The Balaban J connectivity index is -0.000000000333. The van der Waals surface area contributed by atoms with Crippen molar-refractivity contribution in [2.24, 2.45) is 0 Å². The van der Waals surface area contributed by atoms with Crippen LogP contribution in [0.3, 0.4) is 0 Å². The van der Waals surface area contributed by atoms with Gasteiger partial charge in [-0.05, 0) is 0 Å². The third-order valence-electron chi connectivity index (χ3n) is 0. The standard InChI is InChI=1S/Mo.2H2O.4O.V/h;2*1H2;;;;;/q;;;;3*-2;/p-1. The normalized spacial score (nSPS) is 0.500. The molecular formula is H3MoO6V-7. The molecule has 0 aromatic rings. The van der Waals surface area contributed by atoms with E-state index in [9.17, 15) is 0 Å². The Kier molecular flexibility index (Phi) is 9570. The Morgan fingerprint density at radius 2 is 0.875 bits per heavy atom. The van der Waals surface area contributed by atoms with Gasteiger partial charge in [-0.2, -0.15) is 0 Å². The van der Waals surface area contributed by atoms with E-state index in [4.69, 9.17) is 3.40 Å². The fraction of sp³-hybridized carbons (Fsp3) is 0. The topological polar surface area (TPSA) is 164 Å². The molecule has 3 N–H and O–H groups in total. The van der Waals surface area contributed by atoms with Gasteiger partial charge < -0.3 is 27.4 Å². The summed E-state index contributed by atoms with van der Waals surface area (Å²) in [6.45, 7) is 0. The quantitative estimate of drug-likeness (QED) is 0.476. The third kappa shape index (κ3) is 311. The summed E-state index contributed by atoms with van der Waals surface area (Å²) in [5.74, 6) is 0. The Labute approximate surface area is 69.3 Å². The van der Waals surface area contributed by atoms with Crippen molar-refractivity contribution >= 4 is 0 Å². The predicted molar refractivity (Wildman–Crippen MR) is 8.30 cm³/mol. The zero-order valence-electron chi connectivity index (χ0n) is 3.44. The van der Waals surface area contributed by atoms with E-state index < -0.39 is 0 Å². The van der Waals surface area contributed by atoms with Crippen LogP contribution in [-0.2, 0) is 58.2 Å². The molecule has 8 heavy (non-hydrogen) atoms. The van der Waals surface area contributed by atoms with Crippen LogP contribution in [-0.4, -0.2) is 11.0 Å². The van der Waals surface area contributed by atoms with Gasteiger partial charge in [-0.3, -0.25) is 0 Å². The van der Waals surface area contributed by atoms with Crippen molar-refractivity contribution in [2.45, 2.75) is 0 Å². The number of hydrogen-bond donors (Lipinski definition) is 0. The van der Waals surface area contributed by atoms with Gasteiger partial charge in [0.15, 0.2) is 0 Å². The van der Waals surface area contributed by atoms with E-state index in [1.165, 1.54) is 0 Å². The summed E-state index contributed by atoms with van der Waals surface area (Å²) in [7, 11) is 0. The zero-order chi connectivity index (χ0) is 2.00. The number of hydrogen-bond acceptors (Lipinski definition) is 2. The zero-order valence-corrected chi connectivity index (χ0v) is 6.84. The van der Waals surface area contributed by atoms with Crippen LogP contribution in [0, 0.1) is 0 Å². The molecule has 0 aromatic carbocycles. The molecule has 6 nitrogen and oxygen atoms in total. The molecule has 0 rings (SSSR count). The van der Waals surface area contributed by atoms with Crippen LogP contribution in [0.2, 0.25) is 0 Å². The molecular weight excluding hydrogens is 243 g/mol. The first-order valence-corrected chi connectivity index (χ1v) is 0.986. The minimum absolute atomic E-state index is 0. The summed E-state index contributed by atoms with van der Waals surface area (Å²) in [5.41, 5.74) is 0. The first-order chi connectivity index (χ1) is 1.00. The van der Waals surface area contributed by atoms with E-state index in [2.05, 4.69) is 0 Å². The van der Waals surface area contributed by atoms with Crippen molar-refractivity contribution < 1.29 is 69.1 Å². The van der Waals surface area contributed by atoms with Crippen LogP contribution in [0.25, 0.3) is 0 Å². The predicted octanol–water partition coefficient (Wildman–Crippen LogP) is -1.48. The summed E-state index contributed by atoms with van der Waals surface area (Å²) in [5, 5.41) is 0.